The highest BCUT2D eigenvalue weighted by atomic mass is 16.1. The molecule has 0 spiro atoms. The fourth-order valence-electron chi connectivity index (χ4n) is 2.66. The Bertz CT molecular complexity index is 606. The van der Waals surface area contributed by atoms with Gasteiger partial charge >= 0.3 is 0 Å². The number of nitrogen functional groups attached to an aromatic ring is 1. The van der Waals surface area contributed by atoms with Crippen LogP contribution < -0.4 is 11.3 Å². The molecular formula is C15H24N4O. The van der Waals surface area contributed by atoms with Gasteiger partial charge in [0.1, 0.15) is 5.65 Å². The smallest absolute Gasteiger partial charge is 0.261 e. The van der Waals surface area contributed by atoms with E-state index in [2.05, 4.69) is 28.4 Å². The number of nitrogens with one attached hydrogen (secondary N) is 1. The van der Waals surface area contributed by atoms with Crippen molar-refractivity contribution in [3.05, 3.63) is 22.6 Å². The second kappa shape index (κ2) is 6.59. The molecule has 0 aliphatic carbocycles. The van der Waals surface area contributed by atoms with Gasteiger partial charge in [0.2, 0.25) is 5.95 Å². The maximum Gasteiger partial charge on any atom is 0.261 e. The standard InChI is InChI=1S/C15H24N4O/c1-3-5-7-11(8-6-4-2)19-10-9-12-13(19)17-15(16)18-14(12)20/h9-11H,3-8H2,1-2H3,(H3,16,17,18,20). The highest BCUT2D eigenvalue weighted by Crippen LogP contribution is 2.25. The van der Waals surface area contributed by atoms with Crippen LogP contribution in [0.15, 0.2) is 17.1 Å². The van der Waals surface area contributed by atoms with E-state index in [0.717, 1.165) is 12.8 Å². The molecule has 0 atom stereocenters. The van der Waals surface area contributed by atoms with Crippen molar-refractivity contribution in [3.63, 3.8) is 0 Å². The van der Waals surface area contributed by atoms with Crippen LogP contribution in [-0.2, 0) is 0 Å². The van der Waals surface area contributed by atoms with Gasteiger partial charge in [-0.05, 0) is 18.9 Å². The Morgan fingerprint density at radius 2 is 1.95 bits per heavy atom. The topological polar surface area (TPSA) is 76.7 Å². The summed E-state index contributed by atoms with van der Waals surface area (Å²) in [5.41, 5.74) is 6.23. The number of H-pyrrole nitrogens is 1. The molecule has 5 heteroatoms. The molecule has 2 aromatic heterocycles. The first-order valence-electron chi connectivity index (χ1n) is 7.53. The van der Waals surface area contributed by atoms with E-state index in [-0.39, 0.29) is 11.5 Å². The molecule has 2 aromatic rings. The SMILES string of the molecule is CCCCC(CCCC)n1ccc2c(=O)[nH]c(N)nc21. The zero-order valence-electron chi connectivity index (χ0n) is 12.4. The van der Waals surface area contributed by atoms with Crippen molar-refractivity contribution in [3.8, 4) is 0 Å². The Morgan fingerprint density at radius 3 is 2.55 bits per heavy atom. The lowest BCUT2D eigenvalue weighted by atomic mass is 10.0. The molecular weight excluding hydrogens is 252 g/mol. The van der Waals surface area contributed by atoms with Gasteiger partial charge in [-0.1, -0.05) is 39.5 Å². The van der Waals surface area contributed by atoms with Crippen molar-refractivity contribution in [2.75, 3.05) is 5.73 Å². The molecule has 0 aliphatic heterocycles. The monoisotopic (exact) mass is 276 g/mol. The third-order valence-electron chi connectivity index (χ3n) is 3.78. The molecule has 2 heterocycles. The molecule has 0 saturated carbocycles. The first-order chi connectivity index (χ1) is 9.67. The van der Waals surface area contributed by atoms with Crippen LogP contribution in [0.25, 0.3) is 11.0 Å². The number of nitrogens with zero attached hydrogens (tertiary/aromatic N) is 2. The van der Waals surface area contributed by atoms with Gasteiger partial charge in [0.25, 0.3) is 5.56 Å². The Morgan fingerprint density at radius 1 is 1.30 bits per heavy atom. The predicted molar refractivity (Wildman–Crippen MR) is 82.9 cm³/mol. The second-order valence-corrected chi connectivity index (χ2v) is 5.35. The van der Waals surface area contributed by atoms with E-state index in [9.17, 15) is 4.79 Å². The number of hydrogen-bond donors (Lipinski definition) is 2. The number of unbranched alkanes of at least 4 members (excludes halogenated alkanes) is 2. The molecule has 0 saturated heterocycles. The first kappa shape index (κ1) is 14.6. The molecule has 5 nitrogen and oxygen atoms in total. The van der Waals surface area contributed by atoms with Crippen LogP contribution in [0, 0.1) is 0 Å². The van der Waals surface area contributed by atoms with Crippen molar-refractivity contribution < 1.29 is 0 Å². The van der Waals surface area contributed by atoms with Crippen LogP contribution >= 0.6 is 0 Å². The van der Waals surface area contributed by atoms with Gasteiger partial charge in [-0.15, -0.1) is 0 Å². The largest absolute Gasteiger partial charge is 0.369 e. The third kappa shape index (κ3) is 3.03. The maximum absolute atomic E-state index is 11.9. The zero-order chi connectivity index (χ0) is 14.5. The van der Waals surface area contributed by atoms with E-state index in [1.165, 1.54) is 25.7 Å². The summed E-state index contributed by atoms with van der Waals surface area (Å²) in [6, 6.07) is 2.24. The minimum absolute atomic E-state index is 0.156. The van der Waals surface area contributed by atoms with Gasteiger partial charge in [-0.2, -0.15) is 4.98 Å². The summed E-state index contributed by atoms with van der Waals surface area (Å²) in [7, 11) is 0. The number of anilines is 1. The van der Waals surface area contributed by atoms with Crippen LogP contribution in [0.1, 0.15) is 58.4 Å². The second-order valence-electron chi connectivity index (χ2n) is 5.35. The minimum atomic E-state index is -0.156. The molecule has 0 unspecified atom stereocenters. The maximum atomic E-state index is 11.9. The molecule has 0 aliphatic rings. The molecule has 3 N–H and O–H groups in total. The van der Waals surface area contributed by atoms with Crippen molar-refractivity contribution in [1.29, 1.82) is 0 Å². The molecule has 0 radical (unpaired) electrons. The Labute approximate surface area is 119 Å². The van der Waals surface area contributed by atoms with Crippen LogP contribution in [0.2, 0.25) is 0 Å². The summed E-state index contributed by atoms with van der Waals surface area (Å²) in [5.74, 6) is 0.187. The molecule has 0 bridgehead atoms. The van der Waals surface area contributed by atoms with E-state index in [1.54, 1.807) is 0 Å². The molecule has 0 fully saturated rings. The zero-order valence-corrected chi connectivity index (χ0v) is 12.4. The number of aromatic amines is 1. The van der Waals surface area contributed by atoms with E-state index in [4.69, 9.17) is 5.73 Å². The summed E-state index contributed by atoms with van der Waals surface area (Å²) in [5, 5.41) is 0.622. The first-order valence-corrected chi connectivity index (χ1v) is 7.53. The number of aromatic nitrogens is 3. The van der Waals surface area contributed by atoms with Crippen molar-refractivity contribution in [1.82, 2.24) is 14.5 Å². The molecule has 0 aromatic carbocycles. The van der Waals surface area contributed by atoms with Gasteiger partial charge < -0.3 is 10.3 Å². The average Bonchev–Trinajstić information content (AvgIpc) is 2.83. The van der Waals surface area contributed by atoms with Gasteiger partial charge in [-0.3, -0.25) is 9.78 Å². The number of rotatable bonds is 7. The lowest BCUT2D eigenvalue weighted by molar-refractivity contribution is 0.417. The van der Waals surface area contributed by atoms with Gasteiger partial charge in [-0.25, -0.2) is 0 Å². The van der Waals surface area contributed by atoms with Gasteiger partial charge in [0.15, 0.2) is 0 Å². The lowest BCUT2D eigenvalue weighted by Crippen LogP contribution is -2.14. The Balaban J connectivity index is 2.39. The summed E-state index contributed by atoms with van der Waals surface area (Å²) < 4.78 is 2.13. The number of nitrogens with two attached hydrogens (primary N) is 1. The number of fused-ring (bicyclic) bond motifs is 1. The normalized spacial score (nSPS) is 11.6. The van der Waals surface area contributed by atoms with Crippen LogP contribution in [0.5, 0.6) is 0 Å². The van der Waals surface area contributed by atoms with E-state index in [0.29, 0.717) is 17.1 Å². The highest BCUT2D eigenvalue weighted by Gasteiger charge is 2.15. The fraction of sp³-hybridized carbons (Fsp3) is 0.600. The Kier molecular flexibility index (Phi) is 4.82. The van der Waals surface area contributed by atoms with E-state index < -0.39 is 0 Å². The Hall–Kier alpha value is -1.78. The average molecular weight is 276 g/mol. The van der Waals surface area contributed by atoms with Crippen LogP contribution in [0.3, 0.4) is 0 Å². The van der Waals surface area contributed by atoms with Crippen LogP contribution in [0.4, 0.5) is 5.95 Å². The summed E-state index contributed by atoms with van der Waals surface area (Å²) in [6.45, 7) is 4.40. The third-order valence-corrected chi connectivity index (χ3v) is 3.78. The van der Waals surface area contributed by atoms with Gasteiger partial charge in [0.05, 0.1) is 5.39 Å². The summed E-state index contributed by atoms with van der Waals surface area (Å²) in [4.78, 5) is 18.7. The molecule has 20 heavy (non-hydrogen) atoms. The quantitative estimate of drug-likeness (QED) is 0.815. The van der Waals surface area contributed by atoms with E-state index >= 15 is 0 Å². The summed E-state index contributed by atoms with van der Waals surface area (Å²) in [6.07, 6.45) is 8.95. The summed E-state index contributed by atoms with van der Waals surface area (Å²) >= 11 is 0. The van der Waals surface area contributed by atoms with Gasteiger partial charge in [0, 0.05) is 12.2 Å². The van der Waals surface area contributed by atoms with Crippen molar-refractivity contribution in [2.24, 2.45) is 0 Å². The van der Waals surface area contributed by atoms with Crippen molar-refractivity contribution in [2.45, 2.75) is 58.4 Å². The molecule has 0 amide bonds. The van der Waals surface area contributed by atoms with Crippen molar-refractivity contribution >= 4 is 17.0 Å². The minimum Gasteiger partial charge on any atom is -0.369 e. The number of hydrogen-bond acceptors (Lipinski definition) is 3. The highest BCUT2D eigenvalue weighted by molar-refractivity contribution is 5.76. The van der Waals surface area contributed by atoms with Crippen LogP contribution in [-0.4, -0.2) is 14.5 Å². The molecule has 2 rings (SSSR count). The molecule has 110 valence electrons. The van der Waals surface area contributed by atoms with E-state index in [1.807, 2.05) is 12.3 Å². The lowest BCUT2D eigenvalue weighted by Gasteiger charge is -2.19. The predicted octanol–water partition coefficient (Wildman–Crippen LogP) is 3.23. The fourth-order valence-corrected chi connectivity index (χ4v) is 2.66.